The highest BCUT2D eigenvalue weighted by molar-refractivity contribution is 6.08. The lowest BCUT2D eigenvalue weighted by molar-refractivity contribution is -0.141. The summed E-state index contributed by atoms with van der Waals surface area (Å²) in [5, 5.41) is 3.30. The molecule has 1 heterocycles. The summed E-state index contributed by atoms with van der Waals surface area (Å²) in [5.41, 5.74) is 1.59. The summed E-state index contributed by atoms with van der Waals surface area (Å²) in [7, 11) is 1.54. The van der Waals surface area contributed by atoms with Crippen LogP contribution in [0.4, 0.5) is 4.79 Å². The van der Waals surface area contributed by atoms with E-state index in [0.29, 0.717) is 22.1 Å². The Morgan fingerprint density at radius 1 is 1.07 bits per heavy atom. The van der Waals surface area contributed by atoms with Gasteiger partial charge in [-0.05, 0) is 43.7 Å². The van der Waals surface area contributed by atoms with E-state index >= 15 is 0 Å². The van der Waals surface area contributed by atoms with E-state index in [1.807, 2.05) is 6.07 Å². The van der Waals surface area contributed by atoms with Crippen molar-refractivity contribution in [3.8, 4) is 11.5 Å². The van der Waals surface area contributed by atoms with Crippen LogP contribution in [-0.2, 0) is 15.1 Å². The van der Waals surface area contributed by atoms with Crippen LogP contribution in [0.5, 0.6) is 11.5 Å². The predicted octanol–water partition coefficient (Wildman–Crippen LogP) is 1.96. The van der Waals surface area contributed by atoms with Crippen LogP contribution in [0.3, 0.4) is 0 Å². The molecular formula is C20H21N3O5. The first-order valence-corrected chi connectivity index (χ1v) is 8.68. The maximum atomic E-state index is 12.9. The zero-order valence-corrected chi connectivity index (χ0v) is 15.8. The lowest BCUT2D eigenvalue weighted by Crippen LogP contribution is -2.51. The number of para-hydroxylation sites is 1. The smallest absolute Gasteiger partial charge is 0.344 e. The molecule has 1 aliphatic rings. The normalized spacial score (nSPS) is 19.8. The number of benzene rings is 2. The van der Waals surface area contributed by atoms with E-state index in [1.54, 1.807) is 55.5 Å². The number of carbonyl (C=O) groups is 3. The lowest BCUT2D eigenvalue weighted by atomic mass is 9.92. The topological polar surface area (TPSA) is 97.0 Å². The Morgan fingerprint density at radius 2 is 1.71 bits per heavy atom. The molecule has 4 amide bonds. The van der Waals surface area contributed by atoms with Crippen molar-refractivity contribution in [3.63, 3.8) is 0 Å². The molecule has 3 rings (SSSR count). The number of ether oxygens (including phenoxy) is 2. The number of nitrogens with one attached hydrogen (secondary N) is 2. The van der Waals surface area contributed by atoms with Crippen LogP contribution < -0.4 is 20.2 Å². The molecule has 1 aliphatic heterocycles. The molecule has 1 saturated heterocycles. The molecule has 2 aromatic rings. The van der Waals surface area contributed by atoms with Gasteiger partial charge in [-0.2, -0.15) is 5.01 Å². The van der Waals surface area contributed by atoms with Gasteiger partial charge in [-0.1, -0.05) is 30.3 Å². The standard InChI is InChI=1S/C20H21N3O5/c1-13(28-16-7-5-4-6-8-16)17(24)22-23-18(25)20(2,21-19(23)26)14-9-11-15(27-3)12-10-14/h4-13H,1-3H3,(H,21,26)(H,22,24)/t13-,20+/m1/s1. The minimum Gasteiger partial charge on any atom is -0.497 e. The van der Waals surface area contributed by atoms with Gasteiger partial charge in [0, 0.05) is 0 Å². The Labute approximate surface area is 162 Å². The first-order chi connectivity index (χ1) is 13.3. The van der Waals surface area contributed by atoms with Crippen LogP contribution >= 0.6 is 0 Å². The van der Waals surface area contributed by atoms with Crippen molar-refractivity contribution < 1.29 is 23.9 Å². The molecule has 0 unspecified atom stereocenters. The molecule has 28 heavy (non-hydrogen) atoms. The summed E-state index contributed by atoms with van der Waals surface area (Å²) >= 11 is 0. The Morgan fingerprint density at radius 3 is 2.32 bits per heavy atom. The van der Waals surface area contributed by atoms with E-state index < -0.39 is 29.5 Å². The van der Waals surface area contributed by atoms with E-state index in [9.17, 15) is 14.4 Å². The SMILES string of the molecule is COc1ccc([C@]2(C)NC(=O)N(NC(=O)[C@@H](C)Oc3ccccc3)C2=O)cc1. The Bertz CT molecular complexity index is 884. The summed E-state index contributed by atoms with van der Waals surface area (Å²) in [4.78, 5) is 37.6. The average molecular weight is 383 g/mol. The van der Waals surface area contributed by atoms with Crippen LogP contribution in [0.2, 0.25) is 0 Å². The maximum absolute atomic E-state index is 12.9. The van der Waals surface area contributed by atoms with Crippen molar-refractivity contribution >= 4 is 17.8 Å². The maximum Gasteiger partial charge on any atom is 0.344 e. The molecule has 2 aromatic carbocycles. The predicted molar refractivity (Wildman–Crippen MR) is 100 cm³/mol. The van der Waals surface area contributed by atoms with Gasteiger partial charge in [0.2, 0.25) is 0 Å². The fourth-order valence-electron chi connectivity index (χ4n) is 2.82. The second-order valence-corrected chi connectivity index (χ2v) is 6.47. The molecular weight excluding hydrogens is 362 g/mol. The van der Waals surface area contributed by atoms with E-state index in [2.05, 4.69) is 10.7 Å². The largest absolute Gasteiger partial charge is 0.497 e. The number of amides is 4. The Balaban J connectivity index is 1.71. The number of imide groups is 1. The number of carbonyl (C=O) groups excluding carboxylic acids is 3. The Kier molecular flexibility index (Phi) is 5.21. The van der Waals surface area contributed by atoms with Gasteiger partial charge in [-0.3, -0.25) is 15.0 Å². The van der Waals surface area contributed by atoms with Crippen molar-refractivity contribution in [1.82, 2.24) is 15.8 Å². The average Bonchev–Trinajstić information content (AvgIpc) is 2.92. The molecule has 8 nitrogen and oxygen atoms in total. The highest BCUT2D eigenvalue weighted by atomic mass is 16.5. The van der Waals surface area contributed by atoms with Crippen molar-refractivity contribution in [3.05, 3.63) is 60.2 Å². The summed E-state index contributed by atoms with van der Waals surface area (Å²) in [6, 6.07) is 14.8. The number of urea groups is 1. The summed E-state index contributed by atoms with van der Waals surface area (Å²) in [5.74, 6) is -0.0825. The van der Waals surface area contributed by atoms with Gasteiger partial charge in [0.05, 0.1) is 7.11 Å². The van der Waals surface area contributed by atoms with E-state index in [0.717, 1.165) is 0 Å². The number of nitrogens with zero attached hydrogens (tertiary/aromatic N) is 1. The van der Waals surface area contributed by atoms with E-state index in [-0.39, 0.29) is 0 Å². The van der Waals surface area contributed by atoms with Gasteiger partial charge >= 0.3 is 6.03 Å². The van der Waals surface area contributed by atoms with Crippen LogP contribution in [0, 0.1) is 0 Å². The van der Waals surface area contributed by atoms with Gasteiger partial charge in [0.25, 0.3) is 11.8 Å². The summed E-state index contributed by atoms with van der Waals surface area (Å²) in [6.07, 6.45) is -0.907. The molecule has 0 aliphatic carbocycles. The lowest BCUT2D eigenvalue weighted by Gasteiger charge is -2.23. The summed E-state index contributed by atoms with van der Waals surface area (Å²) in [6.45, 7) is 3.11. The van der Waals surface area contributed by atoms with Gasteiger partial charge in [-0.25, -0.2) is 4.79 Å². The fourth-order valence-corrected chi connectivity index (χ4v) is 2.82. The fraction of sp³-hybridized carbons (Fsp3) is 0.250. The van der Waals surface area contributed by atoms with Gasteiger partial charge < -0.3 is 14.8 Å². The number of rotatable bonds is 6. The van der Waals surface area contributed by atoms with Crippen LogP contribution in [-0.4, -0.2) is 36.1 Å². The zero-order chi connectivity index (χ0) is 20.3. The number of hydrogen-bond donors (Lipinski definition) is 2. The quantitative estimate of drug-likeness (QED) is 0.744. The van der Waals surface area contributed by atoms with Crippen LogP contribution in [0.25, 0.3) is 0 Å². The highest BCUT2D eigenvalue weighted by Crippen LogP contribution is 2.29. The van der Waals surface area contributed by atoms with Crippen LogP contribution in [0.15, 0.2) is 54.6 Å². The van der Waals surface area contributed by atoms with Crippen molar-refractivity contribution in [1.29, 1.82) is 0 Å². The molecule has 0 saturated carbocycles. The van der Waals surface area contributed by atoms with E-state index in [1.165, 1.54) is 14.0 Å². The van der Waals surface area contributed by atoms with Gasteiger partial charge in [0.15, 0.2) is 6.10 Å². The monoisotopic (exact) mass is 383 g/mol. The third-order valence-corrected chi connectivity index (χ3v) is 4.51. The van der Waals surface area contributed by atoms with E-state index in [4.69, 9.17) is 9.47 Å². The summed E-state index contributed by atoms with van der Waals surface area (Å²) < 4.78 is 10.6. The number of hydrogen-bond acceptors (Lipinski definition) is 5. The molecule has 0 spiro atoms. The molecule has 1 fully saturated rings. The minimum absolute atomic E-state index is 0.505. The molecule has 0 aromatic heterocycles. The minimum atomic E-state index is -1.31. The third kappa shape index (κ3) is 3.62. The van der Waals surface area contributed by atoms with Crippen molar-refractivity contribution in [2.24, 2.45) is 0 Å². The van der Waals surface area contributed by atoms with Crippen molar-refractivity contribution in [2.45, 2.75) is 25.5 Å². The third-order valence-electron chi connectivity index (χ3n) is 4.51. The van der Waals surface area contributed by atoms with Crippen LogP contribution in [0.1, 0.15) is 19.4 Å². The first-order valence-electron chi connectivity index (χ1n) is 8.68. The first kappa shape index (κ1) is 19.2. The molecule has 2 atom stereocenters. The van der Waals surface area contributed by atoms with Crippen molar-refractivity contribution in [2.75, 3.05) is 7.11 Å². The highest BCUT2D eigenvalue weighted by Gasteiger charge is 2.50. The second kappa shape index (κ2) is 7.59. The molecule has 0 bridgehead atoms. The number of hydrazine groups is 1. The molecule has 0 radical (unpaired) electrons. The zero-order valence-electron chi connectivity index (χ0n) is 15.8. The number of methoxy groups -OCH3 is 1. The van der Waals surface area contributed by atoms with Gasteiger partial charge in [0.1, 0.15) is 17.0 Å². The van der Waals surface area contributed by atoms with Gasteiger partial charge in [-0.15, -0.1) is 0 Å². The molecule has 2 N–H and O–H groups in total. The second-order valence-electron chi connectivity index (χ2n) is 6.47. The molecule has 8 heteroatoms. The molecule has 146 valence electrons. The Hall–Kier alpha value is -3.55.